The van der Waals surface area contributed by atoms with Crippen molar-refractivity contribution in [2.75, 3.05) is 0 Å². The Hall–Kier alpha value is -0.830. The predicted molar refractivity (Wildman–Crippen MR) is 68.9 cm³/mol. The molecule has 1 heterocycles. The van der Waals surface area contributed by atoms with E-state index in [4.69, 9.17) is 0 Å². The third kappa shape index (κ3) is 3.32. The SMILES string of the molecule is CCC(C)n1ccc(CC2CCCC(O)C2)n1. The second kappa shape index (κ2) is 5.67. The Morgan fingerprint density at radius 1 is 1.53 bits per heavy atom. The first-order valence-electron chi connectivity index (χ1n) is 6.91. The molecule has 1 saturated carbocycles. The number of nitrogens with zero attached hydrogens (tertiary/aromatic N) is 2. The average molecular weight is 236 g/mol. The van der Waals surface area contributed by atoms with Gasteiger partial charge in [-0.25, -0.2) is 0 Å². The Labute approximate surface area is 104 Å². The molecule has 96 valence electrons. The third-order valence-electron chi connectivity index (χ3n) is 3.96. The Morgan fingerprint density at radius 3 is 3.06 bits per heavy atom. The van der Waals surface area contributed by atoms with Crippen LogP contribution in [0.4, 0.5) is 0 Å². The molecule has 3 heteroatoms. The summed E-state index contributed by atoms with van der Waals surface area (Å²) >= 11 is 0. The van der Waals surface area contributed by atoms with Gasteiger partial charge in [-0.3, -0.25) is 4.68 Å². The van der Waals surface area contributed by atoms with Crippen molar-refractivity contribution < 1.29 is 5.11 Å². The molecule has 3 unspecified atom stereocenters. The van der Waals surface area contributed by atoms with Gasteiger partial charge in [0.15, 0.2) is 0 Å². The molecule has 3 nitrogen and oxygen atoms in total. The smallest absolute Gasteiger partial charge is 0.0627 e. The van der Waals surface area contributed by atoms with Gasteiger partial charge in [-0.2, -0.15) is 5.10 Å². The van der Waals surface area contributed by atoms with Gasteiger partial charge in [0.1, 0.15) is 0 Å². The summed E-state index contributed by atoms with van der Waals surface area (Å²) in [6, 6.07) is 2.62. The molecular formula is C14H24N2O. The van der Waals surface area contributed by atoms with Crippen molar-refractivity contribution in [1.82, 2.24) is 9.78 Å². The van der Waals surface area contributed by atoms with E-state index in [9.17, 15) is 5.11 Å². The summed E-state index contributed by atoms with van der Waals surface area (Å²) in [6.45, 7) is 4.38. The highest BCUT2D eigenvalue weighted by molar-refractivity contribution is 5.01. The van der Waals surface area contributed by atoms with Crippen molar-refractivity contribution in [2.24, 2.45) is 5.92 Å². The van der Waals surface area contributed by atoms with Gasteiger partial charge >= 0.3 is 0 Å². The van der Waals surface area contributed by atoms with Crippen LogP contribution in [0.5, 0.6) is 0 Å². The Bertz CT molecular complexity index is 348. The van der Waals surface area contributed by atoms with Crippen molar-refractivity contribution in [2.45, 2.75) is 64.5 Å². The van der Waals surface area contributed by atoms with Gasteiger partial charge in [-0.1, -0.05) is 13.3 Å². The zero-order valence-electron chi connectivity index (χ0n) is 11.0. The first-order valence-corrected chi connectivity index (χ1v) is 6.91. The third-order valence-corrected chi connectivity index (χ3v) is 3.96. The summed E-state index contributed by atoms with van der Waals surface area (Å²) in [6.07, 6.45) is 8.50. The lowest BCUT2D eigenvalue weighted by molar-refractivity contribution is 0.101. The zero-order chi connectivity index (χ0) is 12.3. The Balaban J connectivity index is 1.92. The lowest BCUT2D eigenvalue weighted by Crippen LogP contribution is -2.21. The molecule has 1 aromatic rings. The van der Waals surface area contributed by atoms with E-state index < -0.39 is 0 Å². The molecule has 0 saturated heterocycles. The van der Waals surface area contributed by atoms with E-state index in [0.29, 0.717) is 12.0 Å². The summed E-state index contributed by atoms with van der Waals surface area (Å²) in [7, 11) is 0. The number of aliphatic hydroxyl groups is 1. The maximum absolute atomic E-state index is 9.66. The second-order valence-electron chi connectivity index (χ2n) is 5.43. The summed E-state index contributed by atoms with van der Waals surface area (Å²) in [5, 5.41) is 14.3. The van der Waals surface area contributed by atoms with E-state index in [1.54, 1.807) is 0 Å². The summed E-state index contributed by atoms with van der Waals surface area (Å²) in [5.74, 6) is 0.624. The standard InChI is InChI=1S/C14H24N2O/c1-3-11(2)16-8-7-13(15-16)9-12-5-4-6-14(17)10-12/h7-8,11-12,14,17H,3-6,9-10H2,1-2H3. The average Bonchev–Trinajstić information content (AvgIpc) is 2.76. The van der Waals surface area contributed by atoms with Gasteiger partial charge in [0.2, 0.25) is 0 Å². The number of aliphatic hydroxyl groups excluding tert-OH is 1. The first-order chi connectivity index (χ1) is 8.19. The molecule has 0 radical (unpaired) electrons. The van der Waals surface area contributed by atoms with Crippen LogP contribution in [0.25, 0.3) is 0 Å². The molecule has 1 fully saturated rings. The lowest BCUT2D eigenvalue weighted by atomic mass is 9.84. The number of rotatable bonds is 4. The number of hydrogen-bond acceptors (Lipinski definition) is 2. The van der Waals surface area contributed by atoms with Crippen molar-refractivity contribution in [3.63, 3.8) is 0 Å². The highest BCUT2D eigenvalue weighted by atomic mass is 16.3. The van der Waals surface area contributed by atoms with Gasteiger partial charge in [0, 0.05) is 12.2 Å². The molecule has 0 bridgehead atoms. The molecule has 1 N–H and O–H groups in total. The van der Waals surface area contributed by atoms with Gasteiger partial charge in [-0.15, -0.1) is 0 Å². The van der Waals surface area contributed by atoms with Crippen molar-refractivity contribution in [3.05, 3.63) is 18.0 Å². The normalized spacial score (nSPS) is 27.0. The maximum atomic E-state index is 9.66. The van der Waals surface area contributed by atoms with Gasteiger partial charge in [0.25, 0.3) is 0 Å². The van der Waals surface area contributed by atoms with Crippen molar-refractivity contribution >= 4 is 0 Å². The molecular weight excluding hydrogens is 212 g/mol. The highest BCUT2D eigenvalue weighted by Gasteiger charge is 2.21. The molecule has 0 aliphatic heterocycles. The van der Waals surface area contributed by atoms with Crippen LogP contribution in [-0.4, -0.2) is 21.0 Å². The fourth-order valence-electron chi connectivity index (χ4n) is 2.66. The van der Waals surface area contributed by atoms with Crippen LogP contribution >= 0.6 is 0 Å². The largest absolute Gasteiger partial charge is 0.393 e. The summed E-state index contributed by atoms with van der Waals surface area (Å²) in [5.41, 5.74) is 1.18. The van der Waals surface area contributed by atoms with Crippen molar-refractivity contribution in [3.8, 4) is 0 Å². The topological polar surface area (TPSA) is 38.0 Å². The van der Waals surface area contributed by atoms with Gasteiger partial charge < -0.3 is 5.11 Å². The van der Waals surface area contributed by atoms with E-state index in [1.165, 1.54) is 12.1 Å². The fourth-order valence-corrected chi connectivity index (χ4v) is 2.66. The molecule has 17 heavy (non-hydrogen) atoms. The molecule has 0 spiro atoms. The predicted octanol–water partition coefficient (Wildman–Crippen LogP) is 2.95. The van der Waals surface area contributed by atoms with Crippen LogP contribution < -0.4 is 0 Å². The van der Waals surface area contributed by atoms with Gasteiger partial charge in [-0.05, 0) is 51.0 Å². The van der Waals surface area contributed by atoms with Gasteiger partial charge in [0.05, 0.1) is 11.8 Å². The van der Waals surface area contributed by atoms with Crippen LogP contribution in [0.3, 0.4) is 0 Å². The van der Waals surface area contributed by atoms with E-state index in [2.05, 4.69) is 35.9 Å². The van der Waals surface area contributed by atoms with Crippen LogP contribution in [0.2, 0.25) is 0 Å². The van der Waals surface area contributed by atoms with E-state index in [1.807, 2.05) is 0 Å². The molecule has 2 rings (SSSR count). The summed E-state index contributed by atoms with van der Waals surface area (Å²) in [4.78, 5) is 0. The first kappa shape index (κ1) is 12.6. The molecule has 1 aromatic heterocycles. The molecule has 0 amide bonds. The van der Waals surface area contributed by atoms with Crippen LogP contribution in [0.15, 0.2) is 12.3 Å². The molecule has 0 aromatic carbocycles. The molecule has 3 atom stereocenters. The summed E-state index contributed by atoms with van der Waals surface area (Å²) < 4.78 is 2.06. The zero-order valence-corrected chi connectivity index (χ0v) is 11.0. The lowest BCUT2D eigenvalue weighted by Gasteiger charge is -2.25. The van der Waals surface area contributed by atoms with Crippen LogP contribution in [0.1, 0.15) is 57.7 Å². The fraction of sp³-hybridized carbons (Fsp3) is 0.786. The quantitative estimate of drug-likeness (QED) is 0.872. The van der Waals surface area contributed by atoms with Crippen LogP contribution in [0, 0.1) is 5.92 Å². The monoisotopic (exact) mass is 236 g/mol. The second-order valence-corrected chi connectivity index (χ2v) is 5.43. The number of aromatic nitrogens is 2. The van der Waals surface area contributed by atoms with E-state index in [-0.39, 0.29) is 6.10 Å². The van der Waals surface area contributed by atoms with Crippen LogP contribution in [-0.2, 0) is 6.42 Å². The maximum Gasteiger partial charge on any atom is 0.0627 e. The minimum absolute atomic E-state index is 0.0783. The van der Waals surface area contributed by atoms with Crippen molar-refractivity contribution in [1.29, 1.82) is 0 Å². The highest BCUT2D eigenvalue weighted by Crippen LogP contribution is 2.27. The van der Waals surface area contributed by atoms with E-state index in [0.717, 1.165) is 32.1 Å². The molecule has 1 aliphatic rings. The number of hydrogen-bond donors (Lipinski definition) is 1. The minimum Gasteiger partial charge on any atom is -0.393 e. The minimum atomic E-state index is -0.0783. The molecule has 1 aliphatic carbocycles. The Kier molecular flexibility index (Phi) is 4.21. The Morgan fingerprint density at radius 2 is 2.35 bits per heavy atom. The van der Waals surface area contributed by atoms with E-state index >= 15 is 0 Å².